The van der Waals surface area contributed by atoms with Gasteiger partial charge in [-0.15, -0.1) is 23.5 Å². The van der Waals surface area contributed by atoms with Crippen molar-refractivity contribution >= 4 is 23.5 Å². The maximum atomic E-state index is 2.43. The highest BCUT2D eigenvalue weighted by Gasteiger charge is 2.44. The Morgan fingerprint density at radius 2 is 1.53 bits per heavy atom. The fraction of sp³-hybridized carbons (Fsp3) is 1.00. The standard InChI is InChI=1S/C15H30S2/c1-7-14(5,6)9-10-15(13(2,3)4)16-11-8-12-17-15/h7-12H2,1-6H3. The summed E-state index contributed by atoms with van der Waals surface area (Å²) in [7, 11) is 0. The average Bonchev–Trinajstić information content (AvgIpc) is 2.26. The smallest absolute Gasteiger partial charge is 0.0659 e. The number of hydrogen-bond donors (Lipinski definition) is 0. The Labute approximate surface area is 117 Å². The molecule has 1 heterocycles. The molecule has 0 aromatic heterocycles. The summed E-state index contributed by atoms with van der Waals surface area (Å²) in [5.74, 6) is 2.72. The zero-order valence-corrected chi connectivity index (χ0v) is 14.2. The van der Waals surface area contributed by atoms with E-state index >= 15 is 0 Å². The van der Waals surface area contributed by atoms with Crippen LogP contribution in [0.25, 0.3) is 0 Å². The molecular formula is C15H30S2. The first-order valence-corrected chi connectivity index (χ1v) is 8.97. The molecule has 0 aromatic rings. The van der Waals surface area contributed by atoms with Crippen molar-refractivity contribution in [2.75, 3.05) is 11.5 Å². The highest BCUT2D eigenvalue weighted by Crippen LogP contribution is 2.56. The van der Waals surface area contributed by atoms with E-state index in [0.717, 1.165) is 0 Å². The lowest BCUT2D eigenvalue weighted by molar-refractivity contribution is 0.267. The Balaban J connectivity index is 2.71. The Kier molecular flexibility index (Phi) is 5.35. The predicted octanol–water partition coefficient (Wildman–Crippen LogP) is 5.82. The Morgan fingerprint density at radius 3 is 1.94 bits per heavy atom. The molecule has 0 radical (unpaired) electrons. The fourth-order valence-corrected chi connectivity index (χ4v) is 5.82. The van der Waals surface area contributed by atoms with Gasteiger partial charge >= 0.3 is 0 Å². The van der Waals surface area contributed by atoms with Gasteiger partial charge in [-0.1, -0.05) is 48.0 Å². The first-order chi connectivity index (χ1) is 7.72. The van der Waals surface area contributed by atoms with Crippen molar-refractivity contribution < 1.29 is 0 Å². The van der Waals surface area contributed by atoms with E-state index in [4.69, 9.17) is 0 Å². The summed E-state index contributed by atoms with van der Waals surface area (Å²) in [6.07, 6.45) is 5.42. The van der Waals surface area contributed by atoms with Gasteiger partial charge in [0.15, 0.2) is 0 Å². The van der Waals surface area contributed by atoms with E-state index in [-0.39, 0.29) is 0 Å². The summed E-state index contributed by atoms with van der Waals surface area (Å²) >= 11 is 4.46. The lowest BCUT2D eigenvalue weighted by Gasteiger charge is -2.47. The topological polar surface area (TPSA) is 0 Å². The molecule has 0 bridgehead atoms. The van der Waals surface area contributed by atoms with Crippen LogP contribution in [0, 0.1) is 10.8 Å². The second-order valence-corrected chi connectivity index (χ2v) is 10.1. The van der Waals surface area contributed by atoms with Crippen molar-refractivity contribution in [1.82, 2.24) is 0 Å². The lowest BCUT2D eigenvalue weighted by atomic mass is 9.80. The maximum absolute atomic E-state index is 2.43. The molecule has 0 spiro atoms. The Morgan fingerprint density at radius 1 is 1.00 bits per heavy atom. The van der Waals surface area contributed by atoms with Crippen molar-refractivity contribution in [1.29, 1.82) is 0 Å². The molecule has 0 atom stereocenters. The molecule has 1 saturated heterocycles. The van der Waals surface area contributed by atoms with E-state index in [9.17, 15) is 0 Å². The molecule has 1 fully saturated rings. The van der Waals surface area contributed by atoms with Gasteiger partial charge in [-0.3, -0.25) is 0 Å². The van der Waals surface area contributed by atoms with Gasteiger partial charge in [0.2, 0.25) is 0 Å². The molecule has 17 heavy (non-hydrogen) atoms. The quantitative estimate of drug-likeness (QED) is 0.634. The summed E-state index contributed by atoms with van der Waals surface area (Å²) in [5, 5.41) is 0. The van der Waals surface area contributed by atoms with Crippen LogP contribution in [-0.2, 0) is 0 Å². The average molecular weight is 275 g/mol. The van der Waals surface area contributed by atoms with E-state index in [1.165, 1.54) is 37.2 Å². The third kappa shape index (κ3) is 4.09. The van der Waals surface area contributed by atoms with E-state index in [1.54, 1.807) is 0 Å². The molecule has 0 N–H and O–H groups in total. The number of rotatable bonds is 4. The van der Waals surface area contributed by atoms with E-state index in [1.807, 2.05) is 0 Å². The van der Waals surface area contributed by atoms with Crippen LogP contribution in [0.15, 0.2) is 0 Å². The van der Waals surface area contributed by atoms with Crippen molar-refractivity contribution in [3.8, 4) is 0 Å². The van der Waals surface area contributed by atoms with Gasteiger partial charge in [-0.05, 0) is 41.6 Å². The van der Waals surface area contributed by atoms with Gasteiger partial charge in [-0.25, -0.2) is 0 Å². The van der Waals surface area contributed by atoms with E-state index in [0.29, 0.717) is 14.9 Å². The first-order valence-electron chi connectivity index (χ1n) is 7.00. The van der Waals surface area contributed by atoms with Crippen molar-refractivity contribution in [2.45, 2.75) is 71.3 Å². The highest BCUT2D eigenvalue weighted by atomic mass is 32.2. The van der Waals surface area contributed by atoms with Gasteiger partial charge < -0.3 is 0 Å². The summed E-state index contributed by atoms with van der Waals surface area (Å²) in [6.45, 7) is 14.4. The molecule has 0 aromatic carbocycles. The maximum Gasteiger partial charge on any atom is 0.0659 e. The van der Waals surface area contributed by atoms with Crippen molar-refractivity contribution in [2.24, 2.45) is 10.8 Å². The SMILES string of the molecule is CCC(C)(C)CCC1(C(C)(C)C)SCCCS1. The van der Waals surface area contributed by atoms with Crippen LogP contribution in [0.2, 0.25) is 0 Å². The van der Waals surface area contributed by atoms with Gasteiger partial charge in [-0.2, -0.15) is 0 Å². The summed E-state index contributed by atoms with van der Waals surface area (Å²) in [5.41, 5.74) is 0.920. The summed E-state index contributed by atoms with van der Waals surface area (Å²) in [6, 6.07) is 0. The molecule has 102 valence electrons. The highest BCUT2D eigenvalue weighted by molar-refractivity contribution is 8.18. The third-order valence-electron chi connectivity index (χ3n) is 4.19. The van der Waals surface area contributed by atoms with Gasteiger partial charge in [0.25, 0.3) is 0 Å². The van der Waals surface area contributed by atoms with Crippen LogP contribution >= 0.6 is 23.5 Å². The van der Waals surface area contributed by atoms with Gasteiger partial charge in [0, 0.05) is 0 Å². The Hall–Kier alpha value is 0.700. The molecule has 2 heteroatoms. The minimum atomic E-state index is 0.409. The molecular weight excluding hydrogens is 244 g/mol. The van der Waals surface area contributed by atoms with Gasteiger partial charge in [0.05, 0.1) is 4.08 Å². The first kappa shape index (κ1) is 15.8. The molecule has 0 nitrogen and oxygen atoms in total. The molecule has 0 aliphatic carbocycles. The summed E-state index contributed by atoms with van der Waals surface area (Å²) in [4.78, 5) is 0. The van der Waals surface area contributed by atoms with Crippen molar-refractivity contribution in [3.05, 3.63) is 0 Å². The predicted molar refractivity (Wildman–Crippen MR) is 85.0 cm³/mol. The van der Waals surface area contributed by atoms with Crippen LogP contribution < -0.4 is 0 Å². The van der Waals surface area contributed by atoms with Crippen LogP contribution in [0.1, 0.15) is 67.2 Å². The molecule has 0 unspecified atom stereocenters. The zero-order chi connectivity index (χ0) is 13.2. The molecule has 0 saturated carbocycles. The van der Waals surface area contributed by atoms with Crippen LogP contribution in [0.3, 0.4) is 0 Å². The van der Waals surface area contributed by atoms with Crippen LogP contribution in [0.5, 0.6) is 0 Å². The minimum Gasteiger partial charge on any atom is -0.144 e. The lowest BCUT2D eigenvalue weighted by Crippen LogP contribution is -2.40. The zero-order valence-electron chi connectivity index (χ0n) is 12.6. The van der Waals surface area contributed by atoms with Crippen molar-refractivity contribution in [3.63, 3.8) is 0 Å². The second-order valence-electron chi connectivity index (χ2n) is 7.07. The molecule has 1 rings (SSSR count). The Bertz CT molecular complexity index is 232. The second kappa shape index (κ2) is 5.77. The van der Waals surface area contributed by atoms with Gasteiger partial charge in [0.1, 0.15) is 0 Å². The largest absolute Gasteiger partial charge is 0.144 e. The molecule has 0 amide bonds. The normalized spacial score (nSPS) is 21.5. The van der Waals surface area contributed by atoms with Crippen LogP contribution in [-0.4, -0.2) is 15.6 Å². The van der Waals surface area contributed by atoms with E-state index in [2.05, 4.69) is 65.1 Å². The fourth-order valence-electron chi connectivity index (χ4n) is 2.21. The minimum absolute atomic E-state index is 0.409. The molecule has 1 aliphatic heterocycles. The van der Waals surface area contributed by atoms with Crippen LogP contribution in [0.4, 0.5) is 0 Å². The van der Waals surface area contributed by atoms with E-state index < -0.39 is 0 Å². The number of hydrogen-bond acceptors (Lipinski definition) is 2. The third-order valence-corrected chi connectivity index (χ3v) is 8.45. The number of thioether (sulfide) groups is 2. The molecule has 1 aliphatic rings. The summed E-state index contributed by atoms with van der Waals surface area (Å²) < 4.78 is 0.456. The monoisotopic (exact) mass is 274 g/mol.